The molecule has 0 unspecified atom stereocenters. The van der Waals surface area contributed by atoms with Gasteiger partial charge in [-0.1, -0.05) is 12.1 Å². The van der Waals surface area contributed by atoms with Crippen LogP contribution in [0.1, 0.15) is 17.5 Å². The minimum absolute atomic E-state index is 0.105. The predicted molar refractivity (Wildman–Crippen MR) is 78.0 cm³/mol. The van der Waals surface area contributed by atoms with Crippen LogP contribution in [0.5, 0.6) is 0 Å². The number of rotatable bonds is 7. The molecule has 7 heteroatoms. The first-order chi connectivity index (χ1) is 9.27. The van der Waals surface area contributed by atoms with Crippen molar-refractivity contribution in [1.29, 1.82) is 0 Å². The van der Waals surface area contributed by atoms with Gasteiger partial charge in [-0.3, -0.25) is 0 Å². The van der Waals surface area contributed by atoms with E-state index >= 15 is 0 Å². The number of sulfonamides is 1. The second-order valence-corrected chi connectivity index (χ2v) is 7.21. The van der Waals surface area contributed by atoms with E-state index in [2.05, 4.69) is 4.72 Å². The van der Waals surface area contributed by atoms with Crippen LogP contribution >= 0.6 is 11.8 Å². The standard InChI is InChI=1S/C13H19NO4S2/c1-9-4-5-10(2)12(8-9)20(17,18)14-11(13(15)16)6-7-19-3/h4-5,8,11,14H,6-7H2,1-3H3,(H,15,16)/p-1/t11-/m0/s1. The van der Waals surface area contributed by atoms with Crippen molar-refractivity contribution >= 4 is 27.8 Å². The van der Waals surface area contributed by atoms with Gasteiger partial charge in [-0.25, -0.2) is 13.1 Å². The SMILES string of the molecule is CSCC[C@H](NS(=O)(=O)c1cc(C)ccc1C)C(=O)[O-]. The van der Waals surface area contributed by atoms with Gasteiger partial charge in [-0.15, -0.1) is 0 Å². The van der Waals surface area contributed by atoms with Gasteiger partial charge in [0, 0.05) is 0 Å². The smallest absolute Gasteiger partial charge is 0.241 e. The van der Waals surface area contributed by atoms with Crippen molar-refractivity contribution in [3.05, 3.63) is 29.3 Å². The molecular formula is C13H18NO4S2-. The third-order valence-corrected chi connectivity index (χ3v) is 5.08. The number of carboxylic acids is 1. The number of hydrogen-bond acceptors (Lipinski definition) is 5. The molecule has 0 saturated heterocycles. The Hall–Kier alpha value is -1.05. The highest BCUT2D eigenvalue weighted by Gasteiger charge is 2.22. The summed E-state index contributed by atoms with van der Waals surface area (Å²) in [5.74, 6) is -0.874. The summed E-state index contributed by atoms with van der Waals surface area (Å²) in [7, 11) is -3.87. The van der Waals surface area contributed by atoms with E-state index in [1.807, 2.05) is 6.26 Å². The number of carbonyl (C=O) groups excluding carboxylic acids is 1. The molecule has 0 spiro atoms. The quantitative estimate of drug-likeness (QED) is 0.789. The highest BCUT2D eigenvalue weighted by atomic mass is 32.2. The molecule has 20 heavy (non-hydrogen) atoms. The van der Waals surface area contributed by atoms with Crippen molar-refractivity contribution in [2.45, 2.75) is 31.2 Å². The predicted octanol–water partition coefficient (Wildman–Crippen LogP) is 0.453. The lowest BCUT2D eigenvalue weighted by atomic mass is 10.2. The lowest BCUT2D eigenvalue weighted by Gasteiger charge is -2.20. The summed E-state index contributed by atoms with van der Waals surface area (Å²) in [5.41, 5.74) is 1.37. The highest BCUT2D eigenvalue weighted by Crippen LogP contribution is 2.17. The molecule has 5 nitrogen and oxygen atoms in total. The van der Waals surface area contributed by atoms with Gasteiger partial charge in [0.25, 0.3) is 0 Å². The van der Waals surface area contributed by atoms with E-state index in [0.717, 1.165) is 5.56 Å². The first kappa shape index (κ1) is 17.0. The fraction of sp³-hybridized carbons (Fsp3) is 0.462. The monoisotopic (exact) mass is 316 g/mol. The Kier molecular flexibility index (Phi) is 6.04. The van der Waals surface area contributed by atoms with E-state index in [4.69, 9.17) is 0 Å². The number of nitrogens with one attached hydrogen (secondary N) is 1. The fourth-order valence-electron chi connectivity index (χ4n) is 1.71. The van der Waals surface area contributed by atoms with E-state index in [0.29, 0.717) is 11.3 Å². The van der Waals surface area contributed by atoms with Crippen LogP contribution < -0.4 is 9.83 Å². The maximum atomic E-state index is 12.3. The van der Waals surface area contributed by atoms with Gasteiger partial charge in [-0.2, -0.15) is 11.8 Å². The summed E-state index contributed by atoms with van der Waals surface area (Å²) < 4.78 is 26.8. The lowest BCUT2D eigenvalue weighted by molar-refractivity contribution is -0.308. The molecule has 0 aliphatic carbocycles. The van der Waals surface area contributed by atoms with Crippen molar-refractivity contribution in [2.24, 2.45) is 0 Å². The zero-order chi connectivity index (χ0) is 15.3. The van der Waals surface area contributed by atoms with E-state index in [-0.39, 0.29) is 11.3 Å². The molecule has 1 aromatic rings. The number of aryl methyl sites for hydroxylation is 2. The zero-order valence-corrected chi connectivity index (χ0v) is 13.3. The number of thioether (sulfide) groups is 1. The second kappa shape index (κ2) is 7.10. The Morgan fingerprint density at radius 2 is 2.05 bits per heavy atom. The Labute approximate surface area is 123 Å². The molecule has 1 atom stereocenters. The molecule has 0 aliphatic heterocycles. The largest absolute Gasteiger partial charge is 0.548 e. The summed E-state index contributed by atoms with van der Waals surface area (Å²) in [4.78, 5) is 11.1. The van der Waals surface area contributed by atoms with Gasteiger partial charge in [-0.05, 0) is 49.5 Å². The normalized spacial score (nSPS) is 13.2. The van der Waals surface area contributed by atoms with Gasteiger partial charge in [0.1, 0.15) is 0 Å². The maximum absolute atomic E-state index is 12.3. The first-order valence-corrected chi connectivity index (χ1v) is 8.95. The lowest BCUT2D eigenvalue weighted by Crippen LogP contribution is -2.48. The molecule has 0 radical (unpaired) electrons. The summed E-state index contributed by atoms with van der Waals surface area (Å²) in [6, 6.07) is 3.81. The minimum Gasteiger partial charge on any atom is -0.548 e. The summed E-state index contributed by atoms with van der Waals surface area (Å²) >= 11 is 1.45. The van der Waals surface area contributed by atoms with Gasteiger partial charge >= 0.3 is 0 Å². The van der Waals surface area contributed by atoms with Crippen molar-refractivity contribution in [3.63, 3.8) is 0 Å². The molecule has 0 fully saturated rings. The second-order valence-electron chi connectivity index (χ2n) is 4.54. The Morgan fingerprint density at radius 1 is 1.40 bits per heavy atom. The summed E-state index contributed by atoms with van der Waals surface area (Å²) in [6.45, 7) is 3.45. The van der Waals surface area contributed by atoms with Crippen molar-refractivity contribution in [3.8, 4) is 0 Å². The van der Waals surface area contributed by atoms with Crippen LogP contribution in [0.4, 0.5) is 0 Å². The van der Waals surface area contributed by atoms with Crippen LogP contribution in [0.2, 0.25) is 0 Å². The highest BCUT2D eigenvalue weighted by molar-refractivity contribution is 7.98. The molecular weight excluding hydrogens is 298 g/mol. The van der Waals surface area contributed by atoms with Gasteiger partial charge < -0.3 is 9.90 Å². The molecule has 0 amide bonds. The molecule has 1 rings (SSSR count). The molecule has 0 heterocycles. The van der Waals surface area contributed by atoms with E-state index < -0.39 is 22.0 Å². The van der Waals surface area contributed by atoms with Crippen LogP contribution in [0.15, 0.2) is 23.1 Å². The Balaban J connectivity index is 3.03. The average molecular weight is 316 g/mol. The third-order valence-electron chi connectivity index (χ3n) is 2.83. The van der Waals surface area contributed by atoms with Gasteiger partial charge in [0.05, 0.1) is 16.9 Å². The minimum atomic E-state index is -3.87. The summed E-state index contributed by atoms with van der Waals surface area (Å²) in [5, 5.41) is 11.0. The number of carboxylic acid groups (broad SMARTS) is 1. The van der Waals surface area contributed by atoms with Gasteiger partial charge in [0.15, 0.2) is 0 Å². The van der Waals surface area contributed by atoms with E-state index in [1.54, 1.807) is 26.0 Å². The van der Waals surface area contributed by atoms with Crippen LogP contribution in [-0.2, 0) is 14.8 Å². The molecule has 0 bridgehead atoms. The Bertz CT molecular complexity index is 584. The zero-order valence-electron chi connectivity index (χ0n) is 11.7. The molecule has 1 N–H and O–H groups in total. The van der Waals surface area contributed by atoms with Crippen molar-refractivity contribution in [1.82, 2.24) is 4.72 Å². The third kappa shape index (κ3) is 4.50. The number of hydrogen-bond donors (Lipinski definition) is 1. The van der Waals surface area contributed by atoms with E-state index in [9.17, 15) is 18.3 Å². The topological polar surface area (TPSA) is 86.3 Å². The number of aliphatic carboxylic acids is 1. The number of benzene rings is 1. The Morgan fingerprint density at radius 3 is 2.60 bits per heavy atom. The average Bonchev–Trinajstić information content (AvgIpc) is 2.36. The van der Waals surface area contributed by atoms with Crippen molar-refractivity contribution in [2.75, 3.05) is 12.0 Å². The fourth-order valence-corrected chi connectivity index (χ4v) is 3.73. The van der Waals surface area contributed by atoms with E-state index in [1.165, 1.54) is 17.8 Å². The molecule has 0 aromatic heterocycles. The first-order valence-electron chi connectivity index (χ1n) is 6.07. The van der Waals surface area contributed by atoms with Crippen LogP contribution in [0, 0.1) is 13.8 Å². The molecule has 0 saturated carbocycles. The number of carbonyl (C=O) groups is 1. The maximum Gasteiger partial charge on any atom is 0.241 e. The van der Waals surface area contributed by atoms with Gasteiger partial charge in [0.2, 0.25) is 10.0 Å². The molecule has 0 aliphatic rings. The molecule has 1 aromatic carbocycles. The van der Waals surface area contributed by atoms with Crippen molar-refractivity contribution < 1.29 is 18.3 Å². The van der Waals surface area contributed by atoms with Crippen LogP contribution in [-0.4, -0.2) is 32.4 Å². The van der Waals surface area contributed by atoms with Crippen LogP contribution in [0.25, 0.3) is 0 Å². The van der Waals surface area contributed by atoms with Crippen LogP contribution in [0.3, 0.4) is 0 Å². The summed E-state index contributed by atoms with van der Waals surface area (Å²) in [6.07, 6.45) is 2.01. The molecule has 112 valence electrons.